The zero-order valence-electron chi connectivity index (χ0n) is 23.9. The Morgan fingerprint density at radius 1 is 1.12 bits per heavy atom. The lowest BCUT2D eigenvalue weighted by Crippen LogP contribution is -2.42. The smallest absolute Gasteiger partial charge is 0.162 e. The number of hydrogen-bond donors (Lipinski definition) is 1. The third-order valence-electron chi connectivity index (χ3n) is 8.01. The van der Waals surface area contributed by atoms with Gasteiger partial charge in [0.25, 0.3) is 0 Å². The second-order valence-corrected chi connectivity index (χ2v) is 13.1. The van der Waals surface area contributed by atoms with Crippen LogP contribution in [0.15, 0.2) is 81.7 Å². The molecule has 3 aromatic carbocycles. The lowest BCUT2D eigenvalue weighted by Gasteiger charge is -2.44. The van der Waals surface area contributed by atoms with Crippen molar-refractivity contribution in [3.05, 3.63) is 115 Å². The van der Waals surface area contributed by atoms with Gasteiger partial charge in [-0.1, -0.05) is 55.3 Å². The molecule has 41 heavy (non-hydrogen) atoms. The van der Waals surface area contributed by atoms with Crippen molar-refractivity contribution in [1.82, 2.24) is 0 Å². The number of para-hydroxylation sites is 1. The number of nitrogens with two attached hydrogens (primary N) is 1. The van der Waals surface area contributed by atoms with E-state index in [1.807, 2.05) is 68.1 Å². The molecule has 0 saturated carbocycles. The van der Waals surface area contributed by atoms with E-state index in [1.54, 1.807) is 0 Å². The third kappa shape index (κ3) is 5.41. The Morgan fingerprint density at radius 3 is 2.54 bits per heavy atom. The number of aryl methyl sites for hydroxylation is 2. The molecule has 0 bridgehead atoms. The number of nitriles is 1. The Hall–Kier alpha value is -3.53. The van der Waals surface area contributed by atoms with Gasteiger partial charge in [0.1, 0.15) is 18.2 Å². The van der Waals surface area contributed by atoms with E-state index in [1.165, 1.54) is 0 Å². The molecule has 1 aliphatic heterocycles. The van der Waals surface area contributed by atoms with Crippen molar-refractivity contribution in [3.63, 3.8) is 0 Å². The van der Waals surface area contributed by atoms with Crippen molar-refractivity contribution in [2.45, 2.75) is 60.0 Å². The standard InChI is InChI=1S/C34H33BrClN3O2/c1-19-12-22(18-41-30-11-10-23(36)14-20(30)2)21(3)24(13-19)31-25(17-37)33(38)39(27-9-7-6-8-26(27)35)28-15-34(4,5)16-29(40)32(28)31/h6-14,31H,15-16,18,38H2,1-5H3. The predicted octanol–water partition coefficient (Wildman–Crippen LogP) is 8.55. The molecule has 1 atom stereocenters. The summed E-state index contributed by atoms with van der Waals surface area (Å²) in [5.74, 6) is 0.599. The summed E-state index contributed by atoms with van der Waals surface area (Å²) in [6.07, 6.45) is 1.06. The molecule has 210 valence electrons. The van der Waals surface area contributed by atoms with Gasteiger partial charge in [-0.15, -0.1) is 0 Å². The van der Waals surface area contributed by atoms with Crippen LogP contribution in [0.1, 0.15) is 60.4 Å². The fourth-order valence-electron chi connectivity index (χ4n) is 6.07. The quantitative estimate of drug-likeness (QED) is 0.306. The minimum Gasteiger partial charge on any atom is -0.489 e. The molecule has 0 amide bonds. The highest BCUT2D eigenvalue weighted by atomic mass is 79.9. The molecule has 0 fully saturated rings. The number of halogens is 2. The summed E-state index contributed by atoms with van der Waals surface area (Å²) in [6, 6.07) is 19.9. The number of benzene rings is 3. The number of ketones is 1. The number of nitrogens with zero attached hydrogens (tertiary/aromatic N) is 2. The number of carbonyl (C=O) groups excluding carboxylic acids is 1. The van der Waals surface area contributed by atoms with E-state index in [9.17, 15) is 10.1 Å². The maximum absolute atomic E-state index is 14.0. The van der Waals surface area contributed by atoms with Crippen LogP contribution in [-0.4, -0.2) is 5.78 Å². The van der Waals surface area contributed by atoms with Gasteiger partial charge in [-0.05, 0) is 101 Å². The molecular weight excluding hydrogens is 598 g/mol. The summed E-state index contributed by atoms with van der Waals surface area (Å²) in [7, 11) is 0. The van der Waals surface area contributed by atoms with Crippen LogP contribution < -0.4 is 15.4 Å². The minimum absolute atomic E-state index is 0.0500. The van der Waals surface area contributed by atoms with Crippen LogP contribution in [-0.2, 0) is 11.4 Å². The van der Waals surface area contributed by atoms with Crippen LogP contribution in [0.5, 0.6) is 5.75 Å². The molecule has 2 aliphatic rings. The fourth-order valence-corrected chi connectivity index (χ4v) is 6.76. The number of Topliss-reactive ketones (excluding diaryl/α,β-unsaturated/α-hetero) is 1. The van der Waals surface area contributed by atoms with Crippen molar-refractivity contribution >= 4 is 39.0 Å². The Morgan fingerprint density at radius 2 is 1.85 bits per heavy atom. The Labute approximate surface area is 255 Å². The molecule has 5 rings (SSSR count). The summed E-state index contributed by atoms with van der Waals surface area (Å²) >= 11 is 9.80. The Bertz CT molecular complexity index is 1680. The number of ether oxygens (including phenoxy) is 1. The summed E-state index contributed by atoms with van der Waals surface area (Å²) in [4.78, 5) is 15.9. The van der Waals surface area contributed by atoms with Crippen LogP contribution in [0, 0.1) is 37.5 Å². The van der Waals surface area contributed by atoms with Crippen molar-refractivity contribution in [3.8, 4) is 11.8 Å². The average molecular weight is 631 g/mol. The van der Waals surface area contributed by atoms with Crippen LogP contribution >= 0.6 is 27.5 Å². The first-order chi connectivity index (χ1) is 19.4. The lowest BCUT2D eigenvalue weighted by molar-refractivity contribution is -0.118. The molecule has 5 nitrogen and oxygen atoms in total. The Kier molecular flexibility index (Phi) is 7.80. The maximum atomic E-state index is 14.0. The topological polar surface area (TPSA) is 79.3 Å². The van der Waals surface area contributed by atoms with Gasteiger partial charge in [-0.25, -0.2) is 0 Å². The van der Waals surface area contributed by atoms with Crippen LogP contribution in [0.3, 0.4) is 0 Å². The van der Waals surface area contributed by atoms with Crippen molar-refractivity contribution in [2.24, 2.45) is 11.1 Å². The molecule has 1 heterocycles. The van der Waals surface area contributed by atoms with Crippen molar-refractivity contribution < 1.29 is 9.53 Å². The van der Waals surface area contributed by atoms with Gasteiger partial charge in [0.15, 0.2) is 5.78 Å². The first-order valence-corrected chi connectivity index (χ1v) is 14.8. The van der Waals surface area contributed by atoms with Gasteiger partial charge in [0, 0.05) is 27.2 Å². The highest BCUT2D eigenvalue weighted by Gasteiger charge is 2.45. The normalized spacial score (nSPS) is 18.3. The first kappa shape index (κ1) is 29.0. The molecule has 2 N–H and O–H groups in total. The van der Waals surface area contributed by atoms with E-state index >= 15 is 0 Å². The van der Waals surface area contributed by atoms with Crippen LogP contribution in [0.25, 0.3) is 0 Å². The minimum atomic E-state index is -0.562. The summed E-state index contributed by atoms with van der Waals surface area (Å²) in [5, 5.41) is 11.2. The second-order valence-electron chi connectivity index (χ2n) is 11.8. The van der Waals surface area contributed by atoms with E-state index in [0.29, 0.717) is 41.4 Å². The van der Waals surface area contributed by atoms with Gasteiger partial charge >= 0.3 is 0 Å². The molecule has 1 aliphatic carbocycles. The molecule has 0 aromatic heterocycles. The average Bonchev–Trinajstić information content (AvgIpc) is 2.89. The van der Waals surface area contributed by atoms with E-state index in [2.05, 4.69) is 48.0 Å². The van der Waals surface area contributed by atoms with Gasteiger partial charge < -0.3 is 10.5 Å². The highest BCUT2D eigenvalue weighted by molar-refractivity contribution is 9.10. The molecule has 0 spiro atoms. The summed E-state index contributed by atoms with van der Waals surface area (Å²) in [5.41, 5.74) is 14.2. The molecular formula is C34H33BrClN3O2. The van der Waals surface area contributed by atoms with Crippen LogP contribution in [0.4, 0.5) is 5.69 Å². The first-order valence-electron chi connectivity index (χ1n) is 13.6. The zero-order valence-corrected chi connectivity index (χ0v) is 26.3. The monoisotopic (exact) mass is 629 g/mol. The number of anilines is 1. The number of rotatable bonds is 5. The lowest BCUT2D eigenvalue weighted by atomic mass is 9.68. The largest absolute Gasteiger partial charge is 0.489 e. The summed E-state index contributed by atoms with van der Waals surface area (Å²) in [6.45, 7) is 10.6. The molecule has 7 heteroatoms. The molecule has 1 unspecified atom stereocenters. The molecule has 0 saturated heterocycles. The van der Waals surface area contributed by atoms with E-state index < -0.39 is 5.92 Å². The van der Waals surface area contributed by atoms with Gasteiger partial charge in [-0.2, -0.15) is 5.26 Å². The molecule has 3 aromatic rings. The highest BCUT2D eigenvalue weighted by Crippen LogP contribution is 2.51. The zero-order chi connectivity index (χ0) is 29.6. The van der Waals surface area contributed by atoms with Crippen molar-refractivity contribution in [1.29, 1.82) is 5.26 Å². The van der Waals surface area contributed by atoms with Gasteiger partial charge in [0.05, 0.1) is 23.2 Å². The van der Waals surface area contributed by atoms with E-state index in [-0.39, 0.29) is 11.2 Å². The molecule has 0 radical (unpaired) electrons. The SMILES string of the molecule is Cc1cc(COc2ccc(Cl)cc2C)c(C)c(C2C(C#N)=C(N)N(c3ccccc3Br)C3=C2C(=O)CC(C)(C)C3)c1. The van der Waals surface area contributed by atoms with E-state index in [4.69, 9.17) is 22.1 Å². The van der Waals surface area contributed by atoms with Crippen molar-refractivity contribution in [2.75, 3.05) is 4.90 Å². The van der Waals surface area contributed by atoms with Crippen LogP contribution in [0.2, 0.25) is 5.02 Å². The fraction of sp³-hybridized carbons (Fsp3) is 0.294. The number of hydrogen-bond acceptors (Lipinski definition) is 5. The second kappa shape index (κ2) is 11.0. The maximum Gasteiger partial charge on any atom is 0.162 e. The number of carbonyl (C=O) groups is 1. The van der Waals surface area contributed by atoms with E-state index in [0.717, 1.165) is 49.4 Å². The summed E-state index contributed by atoms with van der Waals surface area (Å²) < 4.78 is 7.06. The Balaban J connectivity index is 1.67. The third-order valence-corrected chi connectivity index (χ3v) is 8.91. The number of allylic oxidation sites excluding steroid dienone is 3. The van der Waals surface area contributed by atoms with Gasteiger partial charge in [0.2, 0.25) is 0 Å². The van der Waals surface area contributed by atoms with Gasteiger partial charge in [-0.3, -0.25) is 9.69 Å². The predicted molar refractivity (Wildman–Crippen MR) is 168 cm³/mol.